The second-order valence-corrected chi connectivity index (χ2v) is 5.61. The Morgan fingerprint density at radius 2 is 2.23 bits per heavy atom. The molecule has 0 fully saturated rings. The Bertz CT molecular complexity index is 630. The van der Waals surface area contributed by atoms with Gasteiger partial charge in [0, 0.05) is 30.3 Å². The summed E-state index contributed by atoms with van der Waals surface area (Å²) in [5.74, 6) is 0. The Labute approximate surface area is 137 Å². The van der Waals surface area contributed by atoms with E-state index in [1.165, 1.54) is 0 Å². The Morgan fingerprint density at radius 3 is 2.86 bits per heavy atom. The van der Waals surface area contributed by atoms with Crippen LogP contribution >= 0.6 is 15.9 Å². The third-order valence-electron chi connectivity index (χ3n) is 3.18. The highest BCUT2D eigenvalue weighted by atomic mass is 79.9. The number of nitrogens with one attached hydrogen (secondary N) is 1. The van der Waals surface area contributed by atoms with E-state index in [2.05, 4.69) is 26.3 Å². The fraction of sp³-hybridized carbons (Fsp3) is 0.333. The van der Waals surface area contributed by atoms with Crippen molar-refractivity contribution in [2.75, 3.05) is 18.5 Å². The summed E-state index contributed by atoms with van der Waals surface area (Å²) in [7, 11) is 0. The first-order valence-electron chi connectivity index (χ1n) is 7.06. The smallest absolute Gasteiger partial charge is 0.322 e. The Kier molecular flexibility index (Phi) is 5.97. The molecule has 7 heteroatoms. The second kappa shape index (κ2) is 7.95. The van der Waals surface area contributed by atoms with Gasteiger partial charge in [0.05, 0.1) is 18.5 Å². The SMILES string of the molecule is CCn1cc(NC(=O)N(CCO)Cc2ccccc2Br)cn1. The van der Waals surface area contributed by atoms with Gasteiger partial charge in [-0.1, -0.05) is 34.1 Å². The number of nitrogens with zero attached hydrogens (tertiary/aromatic N) is 3. The lowest BCUT2D eigenvalue weighted by Gasteiger charge is -2.22. The summed E-state index contributed by atoms with van der Waals surface area (Å²) in [6, 6.07) is 7.44. The number of anilines is 1. The maximum absolute atomic E-state index is 12.4. The molecule has 0 aliphatic rings. The number of amides is 2. The molecular formula is C15H19BrN4O2. The lowest BCUT2D eigenvalue weighted by atomic mass is 10.2. The van der Waals surface area contributed by atoms with Crippen LogP contribution in [0.4, 0.5) is 10.5 Å². The molecule has 0 saturated carbocycles. The van der Waals surface area contributed by atoms with Gasteiger partial charge in [-0.05, 0) is 18.6 Å². The first-order chi connectivity index (χ1) is 10.6. The van der Waals surface area contributed by atoms with Crippen LogP contribution in [-0.2, 0) is 13.1 Å². The molecule has 0 unspecified atom stereocenters. The van der Waals surface area contributed by atoms with Crippen LogP contribution in [0.15, 0.2) is 41.1 Å². The summed E-state index contributed by atoms with van der Waals surface area (Å²) in [6.07, 6.45) is 3.38. The van der Waals surface area contributed by atoms with Crippen molar-refractivity contribution in [3.63, 3.8) is 0 Å². The molecule has 6 nitrogen and oxygen atoms in total. The summed E-state index contributed by atoms with van der Waals surface area (Å²) < 4.78 is 2.67. The monoisotopic (exact) mass is 366 g/mol. The molecule has 2 N–H and O–H groups in total. The largest absolute Gasteiger partial charge is 0.395 e. The maximum Gasteiger partial charge on any atom is 0.322 e. The molecule has 0 atom stereocenters. The lowest BCUT2D eigenvalue weighted by molar-refractivity contribution is 0.185. The van der Waals surface area contributed by atoms with Gasteiger partial charge in [0.25, 0.3) is 0 Å². The van der Waals surface area contributed by atoms with Gasteiger partial charge in [-0.15, -0.1) is 0 Å². The van der Waals surface area contributed by atoms with Crippen molar-refractivity contribution in [3.8, 4) is 0 Å². The number of aliphatic hydroxyl groups is 1. The van der Waals surface area contributed by atoms with Crippen molar-refractivity contribution >= 4 is 27.6 Å². The number of hydrogen-bond donors (Lipinski definition) is 2. The summed E-state index contributed by atoms with van der Waals surface area (Å²) in [5, 5.41) is 16.1. The number of halogens is 1. The number of carbonyl (C=O) groups excluding carboxylic acids is 1. The predicted octanol–water partition coefficient (Wildman–Crippen LogP) is 2.69. The molecule has 1 heterocycles. The number of aromatic nitrogens is 2. The molecule has 1 aromatic heterocycles. The molecular weight excluding hydrogens is 348 g/mol. The zero-order valence-corrected chi connectivity index (χ0v) is 14.0. The molecule has 1 aromatic carbocycles. The van der Waals surface area contributed by atoms with Crippen molar-refractivity contribution in [1.82, 2.24) is 14.7 Å². The molecule has 2 aromatic rings. The fourth-order valence-electron chi connectivity index (χ4n) is 2.01. The van der Waals surface area contributed by atoms with E-state index < -0.39 is 0 Å². The minimum absolute atomic E-state index is 0.0912. The van der Waals surface area contributed by atoms with E-state index in [-0.39, 0.29) is 19.2 Å². The lowest BCUT2D eigenvalue weighted by Crippen LogP contribution is -2.36. The molecule has 2 amide bonds. The first-order valence-corrected chi connectivity index (χ1v) is 7.86. The van der Waals surface area contributed by atoms with Crippen LogP contribution in [-0.4, -0.2) is 39.0 Å². The molecule has 0 aliphatic heterocycles. The normalized spacial score (nSPS) is 10.5. The number of hydrogen-bond acceptors (Lipinski definition) is 3. The quantitative estimate of drug-likeness (QED) is 0.825. The third-order valence-corrected chi connectivity index (χ3v) is 3.96. The Balaban J connectivity index is 2.06. The molecule has 0 aliphatic carbocycles. The number of carbonyl (C=O) groups is 1. The van der Waals surface area contributed by atoms with Crippen LogP contribution in [0.5, 0.6) is 0 Å². The van der Waals surface area contributed by atoms with E-state index in [4.69, 9.17) is 0 Å². The minimum Gasteiger partial charge on any atom is -0.395 e. The van der Waals surface area contributed by atoms with Crippen molar-refractivity contribution in [2.24, 2.45) is 0 Å². The van der Waals surface area contributed by atoms with Crippen molar-refractivity contribution < 1.29 is 9.90 Å². The third kappa shape index (κ3) is 4.32. The maximum atomic E-state index is 12.4. The van der Waals surface area contributed by atoms with Gasteiger partial charge >= 0.3 is 6.03 Å². The number of aliphatic hydroxyl groups excluding tert-OH is 1. The second-order valence-electron chi connectivity index (χ2n) is 4.75. The van der Waals surface area contributed by atoms with Crippen LogP contribution < -0.4 is 5.32 Å². The molecule has 118 valence electrons. The van der Waals surface area contributed by atoms with E-state index >= 15 is 0 Å². The van der Waals surface area contributed by atoms with Gasteiger partial charge < -0.3 is 15.3 Å². The summed E-state index contributed by atoms with van der Waals surface area (Å²) >= 11 is 3.47. The molecule has 0 saturated heterocycles. The van der Waals surface area contributed by atoms with Crippen LogP contribution in [0, 0.1) is 0 Å². The summed E-state index contributed by atoms with van der Waals surface area (Å²) in [4.78, 5) is 13.9. The van der Waals surface area contributed by atoms with Crippen molar-refractivity contribution in [1.29, 1.82) is 0 Å². The summed E-state index contributed by atoms with van der Waals surface area (Å²) in [6.45, 7) is 3.30. The highest BCUT2D eigenvalue weighted by molar-refractivity contribution is 9.10. The number of rotatable bonds is 6. The number of benzene rings is 1. The van der Waals surface area contributed by atoms with Gasteiger partial charge in [-0.3, -0.25) is 4.68 Å². The Hall–Kier alpha value is -1.86. The number of urea groups is 1. The molecule has 2 rings (SSSR count). The van der Waals surface area contributed by atoms with Gasteiger partial charge in [-0.25, -0.2) is 4.79 Å². The van der Waals surface area contributed by atoms with Crippen molar-refractivity contribution in [2.45, 2.75) is 20.0 Å². The van der Waals surface area contributed by atoms with E-state index in [1.54, 1.807) is 22.0 Å². The number of aryl methyl sites for hydroxylation is 1. The fourth-order valence-corrected chi connectivity index (χ4v) is 2.42. The van der Waals surface area contributed by atoms with E-state index in [9.17, 15) is 9.90 Å². The van der Waals surface area contributed by atoms with Gasteiger partial charge in [0.15, 0.2) is 0 Å². The van der Waals surface area contributed by atoms with Crippen LogP contribution in [0.3, 0.4) is 0 Å². The average Bonchev–Trinajstić information content (AvgIpc) is 2.96. The van der Waals surface area contributed by atoms with E-state index in [0.29, 0.717) is 12.2 Å². The molecule has 0 spiro atoms. The van der Waals surface area contributed by atoms with Gasteiger partial charge in [0.2, 0.25) is 0 Å². The zero-order valence-electron chi connectivity index (χ0n) is 12.4. The standard InChI is InChI=1S/C15H19BrN4O2/c1-2-20-11-13(9-17-20)18-15(22)19(7-8-21)10-12-5-3-4-6-14(12)16/h3-6,9,11,21H,2,7-8,10H2,1H3,(H,18,22). The zero-order chi connectivity index (χ0) is 15.9. The first kappa shape index (κ1) is 16.5. The van der Waals surface area contributed by atoms with E-state index in [1.807, 2.05) is 31.2 Å². The highest BCUT2D eigenvalue weighted by Crippen LogP contribution is 2.18. The van der Waals surface area contributed by atoms with Crippen LogP contribution in [0.1, 0.15) is 12.5 Å². The Morgan fingerprint density at radius 1 is 1.45 bits per heavy atom. The van der Waals surface area contributed by atoms with Gasteiger partial charge in [-0.2, -0.15) is 5.10 Å². The highest BCUT2D eigenvalue weighted by Gasteiger charge is 2.15. The molecule has 0 radical (unpaired) electrons. The van der Waals surface area contributed by atoms with E-state index in [0.717, 1.165) is 16.6 Å². The minimum atomic E-state index is -0.263. The molecule has 22 heavy (non-hydrogen) atoms. The average molecular weight is 367 g/mol. The topological polar surface area (TPSA) is 70.4 Å². The van der Waals surface area contributed by atoms with Gasteiger partial charge in [0.1, 0.15) is 0 Å². The van der Waals surface area contributed by atoms with Crippen molar-refractivity contribution in [3.05, 3.63) is 46.7 Å². The predicted molar refractivity (Wildman–Crippen MR) is 88.6 cm³/mol. The van der Waals surface area contributed by atoms with Crippen LogP contribution in [0.25, 0.3) is 0 Å². The molecule has 0 bridgehead atoms. The summed E-state index contributed by atoms with van der Waals surface area (Å²) in [5.41, 5.74) is 1.62. The van der Waals surface area contributed by atoms with Crippen LogP contribution in [0.2, 0.25) is 0 Å².